The molecule has 2 saturated heterocycles. The van der Waals surface area contributed by atoms with Crippen LogP contribution in [0.25, 0.3) is 0 Å². The molecule has 0 aromatic heterocycles. The summed E-state index contributed by atoms with van der Waals surface area (Å²) in [5.41, 5.74) is 0.567. The molecule has 0 aromatic carbocycles. The molecule has 8 nitrogen and oxygen atoms in total. The summed E-state index contributed by atoms with van der Waals surface area (Å²) in [5, 5.41) is 2.98. The van der Waals surface area contributed by atoms with Gasteiger partial charge in [0.25, 0.3) is 0 Å². The first-order valence-corrected chi connectivity index (χ1v) is 20.3. The Morgan fingerprint density at radius 1 is 1.10 bits per heavy atom. The summed E-state index contributed by atoms with van der Waals surface area (Å²) in [6, 6.07) is -0.585. The first-order valence-electron chi connectivity index (χ1n) is 14.5. The summed E-state index contributed by atoms with van der Waals surface area (Å²) >= 11 is 0. The topological polar surface area (TPSA) is 94.2 Å². The van der Waals surface area contributed by atoms with Gasteiger partial charge in [-0.2, -0.15) is 0 Å². The van der Waals surface area contributed by atoms with E-state index < -0.39 is 22.7 Å². The number of carbonyl (C=O) groups is 3. The normalized spacial score (nSPS) is 25.2. The molecule has 228 valence electrons. The van der Waals surface area contributed by atoms with Crippen LogP contribution in [0.1, 0.15) is 68.2 Å². The molecule has 2 amide bonds. The van der Waals surface area contributed by atoms with Crippen LogP contribution in [0.3, 0.4) is 0 Å². The second kappa shape index (κ2) is 12.6. The second-order valence-electron chi connectivity index (χ2n) is 14.5. The van der Waals surface area contributed by atoms with E-state index in [1.807, 2.05) is 13.0 Å². The van der Waals surface area contributed by atoms with Crippen LogP contribution < -0.4 is 5.32 Å². The first kappa shape index (κ1) is 34.4. The zero-order chi connectivity index (χ0) is 30.8. The van der Waals surface area contributed by atoms with E-state index in [2.05, 4.69) is 79.6 Å². The monoisotopic (exact) mass is 594 g/mol. The molecule has 2 rings (SSSR count). The van der Waals surface area contributed by atoms with Crippen molar-refractivity contribution in [1.82, 2.24) is 10.2 Å². The van der Waals surface area contributed by atoms with Gasteiger partial charge in [0.05, 0.1) is 30.2 Å². The Hall–Kier alpha value is -1.76. The van der Waals surface area contributed by atoms with E-state index in [4.69, 9.17) is 13.6 Å². The fourth-order valence-corrected chi connectivity index (χ4v) is 7.50. The number of Topliss-reactive ketones (excluding diaryl/α,β-unsaturated/α-hetero) is 1. The fourth-order valence-electron chi connectivity index (χ4n) is 4.72. The van der Waals surface area contributed by atoms with Crippen molar-refractivity contribution in [1.29, 1.82) is 0 Å². The average Bonchev–Trinajstić information content (AvgIpc) is 3.16. The second-order valence-corrected chi connectivity index (χ2v) is 24.0. The SMILES string of the molecule is C=CCOC(=O)N1C[C@@H](O[Si](C)(C)C(C)(C)C)C[C@H]1C=C(C)C(=O)C[C@H]1NC(=O)[C@@H]1[C@@H](C)O[Si](C)(C)C(C)(C)C. The highest BCUT2D eigenvalue weighted by Crippen LogP contribution is 2.40. The lowest BCUT2D eigenvalue weighted by Crippen LogP contribution is -2.64. The van der Waals surface area contributed by atoms with E-state index >= 15 is 0 Å². The van der Waals surface area contributed by atoms with Crippen molar-refractivity contribution in [3.63, 3.8) is 0 Å². The molecule has 0 saturated carbocycles. The Balaban J connectivity index is 2.15. The molecule has 2 heterocycles. The van der Waals surface area contributed by atoms with Gasteiger partial charge >= 0.3 is 6.09 Å². The highest BCUT2D eigenvalue weighted by Gasteiger charge is 2.48. The minimum absolute atomic E-state index is 0.0261. The molecule has 40 heavy (non-hydrogen) atoms. The lowest BCUT2D eigenvalue weighted by Gasteiger charge is -2.45. The molecule has 2 aliphatic heterocycles. The van der Waals surface area contributed by atoms with Crippen LogP contribution in [-0.4, -0.2) is 76.8 Å². The molecule has 10 heteroatoms. The van der Waals surface area contributed by atoms with Crippen molar-refractivity contribution in [2.75, 3.05) is 13.2 Å². The highest BCUT2D eigenvalue weighted by atomic mass is 28.4. The van der Waals surface area contributed by atoms with Crippen molar-refractivity contribution in [2.24, 2.45) is 5.92 Å². The molecule has 0 bridgehead atoms. The number of hydrogen-bond acceptors (Lipinski definition) is 6. The maximum absolute atomic E-state index is 13.3. The molecule has 0 radical (unpaired) electrons. The lowest BCUT2D eigenvalue weighted by atomic mass is 9.82. The molecule has 0 unspecified atom stereocenters. The van der Waals surface area contributed by atoms with Crippen molar-refractivity contribution in [2.45, 2.75) is 129 Å². The van der Waals surface area contributed by atoms with Crippen LogP contribution in [0, 0.1) is 5.92 Å². The van der Waals surface area contributed by atoms with E-state index in [1.165, 1.54) is 6.08 Å². The van der Waals surface area contributed by atoms with Gasteiger partial charge in [0.2, 0.25) is 5.91 Å². The number of ether oxygens (including phenoxy) is 1. The van der Waals surface area contributed by atoms with Crippen molar-refractivity contribution in [3.8, 4) is 0 Å². The number of carbonyl (C=O) groups excluding carboxylic acids is 3. The largest absolute Gasteiger partial charge is 0.445 e. The van der Waals surface area contributed by atoms with Crippen LogP contribution in [0.15, 0.2) is 24.3 Å². The van der Waals surface area contributed by atoms with Crippen LogP contribution >= 0.6 is 0 Å². The standard InChI is InChI=1S/C30H54N2O6Si2/c1-14-15-36-28(35)32-19-23(38-40(12,13)30(7,8)9)17-22(32)16-20(2)25(33)18-24-26(27(34)31-24)21(3)37-39(10,11)29(4,5)6/h14,16,21-24,26H,1,15,17-19H2,2-13H3,(H,31,34)/t21-,22-,23+,24-,26-/m1/s1. The predicted octanol–water partition coefficient (Wildman–Crippen LogP) is 6.20. The number of rotatable bonds is 11. The summed E-state index contributed by atoms with van der Waals surface area (Å²) in [6.07, 6.45) is 3.35. The third-order valence-corrected chi connectivity index (χ3v) is 18.4. The molecule has 1 N–H and O–H groups in total. The van der Waals surface area contributed by atoms with Gasteiger partial charge in [-0.15, -0.1) is 0 Å². The molecule has 0 aliphatic carbocycles. The van der Waals surface area contributed by atoms with Crippen LogP contribution in [0.5, 0.6) is 0 Å². The van der Waals surface area contributed by atoms with E-state index in [0.717, 1.165) is 0 Å². The summed E-state index contributed by atoms with van der Waals surface area (Å²) in [7, 11) is -4.12. The number of ketones is 1. The number of allylic oxidation sites excluding steroid dienone is 1. The van der Waals surface area contributed by atoms with Crippen LogP contribution in [0.2, 0.25) is 36.3 Å². The molecule has 0 aromatic rings. The average molecular weight is 595 g/mol. The van der Waals surface area contributed by atoms with Gasteiger partial charge in [-0.25, -0.2) is 4.79 Å². The van der Waals surface area contributed by atoms with Gasteiger partial charge in [0.15, 0.2) is 22.4 Å². The van der Waals surface area contributed by atoms with Gasteiger partial charge in [0.1, 0.15) is 6.61 Å². The molecular formula is C30H54N2O6Si2. The molecule has 0 spiro atoms. The van der Waals surface area contributed by atoms with Crippen molar-refractivity contribution in [3.05, 3.63) is 24.3 Å². The zero-order valence-electron chi connectivity index (χ0n) is 27.0. The lowest BCUT2D eigenvalue weighted by molar-refractivity contribution is -0.141. The van der Waals surface area contributed by atoms with Gasteiger partial charge in [-0.05, 0) is 62.1 Å². The molecule has 5 atom stereocenters. The van der Waals surface area contributed by atoms with Gasteiger partial charge in [-0.3, -0.25) is 14.5 Å². The Morgan fingerprint density at radius 2 is 1.68 bits per heavy atom. The molecular weight excluding hydrogens is 541 g/mol. The zero-order valence-corrected chi connectivity index (χ0v) is 29.0. The number of likely N-dealkylation sites (tertiary alicyclic amines) is 1. The predicted molar refractivity (Wildman–Crippen MR) is 165 cm³/mol. The molecule has 2 aliphatic rings. The Morgan fingerprint density at radius 3 is 2.17 bits per heavy atom. The Bertz CT molecular complexity index is 995. The van der Waals surface area contributed by atoms with Crippen molar-refractivity contribution >= 4 is 34.4 Å². The van der Waals surface area contributed by atoms with E-state index in [9.17, 15) is 14.4 Å². The van der Waals surface area contributed by atoms with E-state index in [1.54, 1.807) is 11.8 Å². The number of hydrogen-bond donors (Lipinski definition) is 1. The van der Waals surface area contributed by atoms with Crippen LogP contribution in [0.4, 0.5) is 4.79 Å². The maximum atomic E-state index is 13.3. The smallest absolute Gasteiger partial charge is 0.410 e. The summed E-state index contributed by atoms with van der Waals surface area (Å²) in [5.74, 6) is -0.476. The highest BCUT2D eigenvalue weighted by molar-refractivity contribution is 6.74. The van der Waals surface area contributed by atoms with E-state index in [0.29, 0.717) is 18.5 Å². The quantitative estimate of drug-likeness (QED) is 0.132. The fraction of sp³-hybridized carbons (Fsp3) is 0.767. The Labute approximate surface area is 244 Å². The van der Waals surface area contributed by atoms with Gasteiger partial charge in [0, 0.05) is 13.0 Å². The molecule has 2 fully saturated rings. The minimum atomic E-state index is -2.06. The Kier molecular flexibility index (Phi) is 10.9. The van der Waals surface area contributed by atoms with Crippen LogP contribution in [-0.2, 0) is 23.2 Å². The summed E-state index contributed by atoms with van der Waals surface area (Å²) in [6.45, 7) is 29.7. The van der Waals surface area contributed by atoms with E-state index in [-0.39, 0.29) is 65.0 Å². The number of amides is 2. The third-order valence-electron chi connectivity index (χ3n) is 9.28. The number of nitrogens with zero attached hydrogens (tertiary/aromatic N) is 1. The van der Waals surface area contributed by atoms with Crippen molar-refractivity contribution < 1.29 is 28.0 Å². The van der Waals surface area contributed by atoms with Gasteiger partial charge in [-0.1, -0.05) is 60.3 Å². The number of β-lactam (4-membered cyclic amide) rings is 1. The number of nitrogens with one attached hydrogen (secondary N) is 1. The third kappa shape index (κ3) is 8.17. The summed E-state index contributed by atoms with van der Waals surface area (Å²) < 4.78 is 18.5. The first-order chi connectivity index (χ1) is 18.1. The minimum Gasteiger partial charge on any atom is -0.445 e. The maximum Gasteiger partial charge on any atom is 0.410 e. The summed E-state index contributed by atoms with van der Waals surface area (Å²) in [4.78, 5) is 40.4. The van der Waals surface area contributed by atoms with Gasteiger partial charge < -0.3 is 18.9 Å².